The molecule has 2 aromatic rings. The number of aryl methyl sites for hydroxylation is 2. The van der Waals surface area contributed by atoms with Gasteiger partial charge in [-0.25, -0.2) is 4.70 Å². The van der Waals surface area contributed by atoms with E-state index in [-0.39, 0.29) is 0 Å². The molecule has 0 saturated carbocycles. The second-order valence-corrected chi connectivity index (χ2v) is 12.9. The average Bonchev–Trinajstić information content (AvgIpc) is 3.34. The average molecular weight is 662 g/mol. The number of unbranched alkanes of at least 4 members (excludes halogenated alkanes) is 6. The Morgan fingerprint density at radius 2 is 0.978 bits per heavy atom. The molecule has 0 atom stereocenters. The molecule has 3 rings (SSSR count). The molecule has 254 valence electrons. The van der Waals surface area contributed by atoms with E-state index in [0.717, 1.165) is 102 Å². The van der Waals surface area contributed by atoms with Gasteiger partial charge < -0.3 is 5.53 Å². The second kappa shape index (κ2) is 24.2. The zero-order valence-electron chi connectivity index (χ0n) is 29.4. The van der Waals surface area contributed by atoms with Gasteiger partial charge in [0.2, 0.25) is 11.4 Å². The van der Waals surface area contributed by atoms with E-state index in [2.05, 4.69) is 90.1 Å². The van der Waals surface area contributed by atoms with Crippen molar-refractivity contribution in [3.8, 4) is 0 Å². The van der Waals surface area contributed by atoms with E-state index < -0.39 is 0 Å². The fourth-order valence-electron chi connectivity index (χ4n) is 5.59. The Hall–Kier alpha value is -2.07. The Morgan fingerprint density at radius 1 is 0.533 bits per heavy atom. The molecule has 0 amide bonds. The van der Waals surface area contributed by atoms with E-state index in [9.17, 15) is 5.53 Å². The summed E-state index contributed by atoms with van der Waals surface area (Å²) < 4.78 is 11.6. The first-order chi connectivity index (χ1) is 22.1. The number of benzene rings is 2. The van der Waals surface area contributed by atoms with E-state index >= 15 is 0 Å². The number of rotatable bonds is 22. The van der Waals surface area contributed by atoms with Crippen LogP contribution < -0.4 is 0 Å². The molecule has 0 fully saturated rings. The van der Waals surface area contributed by atoms with Crippen LogP contribution in [0.5, 0.6) is 0 Å². The minimum atomic E-state index is 0.781. The SMILES string of the molecule is CCCCCCC1=C(c2cccc(CCCC)c2)[N+](=[N-])C(c2cccc(CCCC)c2)=C1CCCC.CCC[O][Ni][O]CCC. The van der Waals surface area contributed by atoms with Crippen LogP contribution in [0.4, 0.5) is 0 Å². The predicted molar refractivity (Wildman–Crippen MR) is 188 cm³/mol. The molecule has 0 radical (unpaired) electrons. The predicted octanol–water partition coefficient (Wildman–Crippen LogP) is 12.5. The van der Waals surface area contributed by atoms with Gasteiger partial charge in [-0.05, 0) is 86.8 Å². The first kappa shape index (κ1) is 39.1. The Labute approximate surface area is 283 Å². The minimum absolute atomic E-state index is 0.781. The van der Waals surface area contributed by atoms with Gasteiger partial charge in [0.05, 0.1) is 0 Å². The molecule has 0 unspecified atom stereocenters. The molecular formula is C40H62N2NiO2. The molecule has 4 nitrogen and oxygen atoms in total. The summed E-state index contributed by atoms with van der Waals surface area (Å²) >= 11 is 0.942. The summed E-state index contributed by atoms with van der Waals surface area (Å²) in [6.45, 7) is 14.7. The third kappa shape index (κ3) is 13.7. The molecule has 0 N–H and O–H groups in total. The van der Waals surface area contributed by atoms with Crippen LogP contribution in [0.15, 0.2) is 59.7 Å². The maximum absolute atomic E-state index is 11.8. The Bertz CT molecular complexity index is 1180. The summed E-state index contributed by atoms with van der Waals surface area (Å²) in [4.78, 5) is 0. The van der Waals surface area contributed by atoms with Crippen molar-refractivity contribution >= 4 is 11.4 Å². The van der Waals surface area contributed by atoms with Gasteiger partial charge in [0.15, 0.2) is 0 Å². The van der Waals surface area contributed by atoms with Crippen molar-refractivity contribution in [2.24, 2.45) is 0 Å². The van der Waals surface area contributed by atoms with Crippen molar-refractivity contribution in [1.29, 1.82) is 0 Å². The molecule has 1 aliphatic rings. The van der Waals surface area contributed by atoms with Gasteiger partial charge >= 0.3 is 62.7 Å². The molecule has 0 aromatic heterocycles. The van der Waals surface area contributed by atoms with Gasteiger partial charge in [-0.3, -0.25) is 0 Å². The summed E-state index contributed by atoms with van der Waals surface area (Å²) in [5.74, 6) is 0. The van der Waals surface area contributed by atoms with Crippen LogP contribution >= 0.6 is 0 Å². The van der Waals surface area contributed by atoms with Crippen LogP contribution in [-0.4, -0.2) is 17.9 Å². The molecule has 0 bridgehead atoms. The van der Waals surface area contributed by atoms with E-state index in [4.69, 9.17) is 7.76 Å². The summed E-state index contributed by atoms with van der Waals surface area (Å²) in [5, 5.41) is 0. The van der Waals surface area contributed by atoms with E-state index in [1.807, 2.05) is 0 Å². The zero-order valence-corrected chi connectivity index (χ0v) is 30.4. The normalized spacial score (nSPS) is 13.2. The van der Waals surface area contributed by atoms with Gasteiger partial charge in [-0.1, -0.05) is 90.5 Å². The van der Waals surface area contributed by atoms with E-state index in [1.54, 1.807) is 4.70 Å². The number of allylic oxidation sites excluding steroid dienone is 2. The van der Waals surface area contributed by atoms with E-state index in [0.29, 0.717) is 0 Å². The van der Waals surface area contributed by atoms with Crippen LogP contribution in [0.1, 0.15) is 154 Å². The molecule has 1 heterocycles. The second-order valence-electron chi connectivity index (χ2n) is 12.1. The third-order valence-electron chi connectivity index (χ3n) is 8.07. The van der Waals surface area contributed by atoms with Crippen molar-refractivity contribution in [2.75, 3.05) is 13.2 Å². The molecule has 0 saturated heterocycles. The van der Waals surface area contributed by atoms with Crippen LogP contribution in [0, 0.1) is 0 Å². The summed E-state index contributed by atoms with van der Waals surface area (Å²) in [6, 6.07) is 17.8. The first-order valence-corrected chi connectivity index (χ1v) is 18.8. The maximum atomic E-state index is 11.8. The Balaban J connectivity index is 0.000000681. The van der Waals surface area contributed by atoms with Crippen molar-refractivity contribution in [1.82, 2.24) is 0 Å². The van der Waals surface area contributed by atoms with Gasteiger partial charge in [0.25, 0.3) is 0 Å². The molecule has 5 heteroatoms. The van der Waals surface area contributed by atoms with Crippen molar-refractivity contribution in [3.63, 3.8) is 0 Å². The van der Waals surface area contributed by atoms with Crippen molar-refractivity contribution in [2.45, 2.75) is 144 Å². The number of nitrogens with zero attached hydrogens (tertiary/aromatic N) is 2. The molecule has 0 aliphatic carbocycles. The zero-order chi connectivity index (χ0) is 32.7. The van der Waals surface area contributed by atoms with Crippen LogP contribution in [0.3, 0.4) is 0 Å². The third-order valence-corrected chi connectivity index (χ3v) is 8.71. The first-order valence-electron chi connectivity index (χ1n) is 18.0. The van der Waals surface area contributed by atoms with Gasteiger partial charge in [0.1, 0.15) is 0 Å². The topological polar surface area (TPSA) is 43.8 Å². The summed E-state index contributed by atoms with van der Waals surface area (Å²) in [6.07, 6.45) is 18.4. The summed E-state index contributed by atoms with van der Waals surface area (Å²) in [5.41, 5.74) is 21.6. The van der Waals surface area contributed by atoms with Crippen LogP contribution in [0.2, 0.25) is 0 Å². The quantitative estimate of drug-likeness (QED) is 0.0716. The van der Waals surface area contributed by atoms with Gasteiger partial charge in [-0.2, -0.15) is 0 Å². The van der Waals surface area contributed by atoms with Gasteiger partial charge in [0, 0.05) is 22.3 Å². The summed E-state index contributed by atoms with van der Waals surface area (Å²) in [7, 11) is 0. The number of hydrogen-bond donors (Lipinski definition) is 0. The van der Waals surface area contributed by atoms with Crippen molar-refractivity contribution < 1.29 is 27.5 Å². The molecule has 1 aliphatic heterocycles. The molecular weight excluding hydrogens is 599 g/mol. The number of hydrogen-bond acceptors (Lipinski definition) is 2. The fourth-order valence-corrected chi connectivity index (χ4v) is 6.24. The van der Waals surface area contributed by atoms with Crippen LogP contribution in [-0.2, 0) is 35.7 Å². The molecule has 0 spiro atoms. The van der Waals surface area contributed by atoms with Crippen LogP contribution in [0.25, 0.3) is 16.9 Å². The Morgan fingerprint density at radius 3 is 1.42 bits per heavy atom. The van der Waals surface area contributed by atoms with Crippen molar-refractivity contribution in [3.05, 3.63) is 87.5 Å². The monoisotopic (exact) mass is 660 g/mol. The fraction of sp³-hybridized carbons (Fsp3) is 0.600. The standard InChI is InChI=1S/C34H48N2.2C3H7O.Ni/c1-5-9-13-14-24-32-31(23-12-8-4)33(29-21-15-19-27(25-29)17-10-6-2)36(35)34(32)30-22-16-20-28(26-30)18-11-7-3;2*1-2-3-4;/h15-16,19-22,25-26H,5-14,17-18,23-24H2,1-4H3;2*2-3H2,1H3;/q;2*-1;+2. The molecule has 45 heavy (non-hydrogen) atoms. The Kier molecular flexibility index (Phi) is 21.0. The van der Waals surface area contributed by atoms with E-state index in [1.165, 1.54) is 73.6 Å². The molecule has 2 aromatic carbocycles. The van der Waals surface area contributed by atoms with Gasteiger partial charge in [-0.15, -0.1) is 0 Å².